The highest BCUT2D eigenvalue weighted by molar-refractivity contribution is 7.80. The van der Waals surface area contributed by atoms with Crippen molar-refractivity contribution in [2.45, 2.75) is 6.54 Å². The lowest BCUT2D eigenvalue weighted by atomic mass is 10.2. The van der Waals surface area contributed by atoms with Crippen molar-refractivity contribution in [3.63, 3.8) is 0 Å². The molecule has 25 heavy (non-hydrogen) atoms. The number of thiocarbonyl (C=S) groups is 1. The van der Waals surface area contributed by atoms with E-state index in [2.05, 4.69) is 44.8 Å². The van der Waals surface area contributed by atoms with Crippen LogP contribution in [-0.4, -0.2) is 43.5 Å². The molecule has 2 N–H and O–H groups in total. The molecule has 0 aliphatic carbocycles. The third-order valence-electron chi connectivity index (χ3n) is 3.99. The normalized spacial score (nSPS) is 14.0. The average molecular weight is 358 g/mol. The molecule has 1 aliphatic heterocycles. The Labute approximate surface area is 153 Å². The fourth-order valence-electron chi connectivity index (χ4n) is 2.63. The molecule has 0 saturated carbocycles. The van der Waals surface area contributed by atoms with E-state index in [-0.39, 0.29) is 0 Å². The summed E-state index contributed by atoms with van der Waals surface area (Å²) in [6.07, 6.45) is 1.69. The van der Waals surface area contributed by atoms with Gasteiger partial charge in [0.05, 0.1) is 20.3 Å². The molecular weight excluding hydrogens is 336 g/mol. The zero-order valence-corrected chi connectivity index (χ0v) is 15.0. The third-order valence-corrected chi connectivity index (χ3v) is 4.23. The third kappa shape index (κ3) is 4.80. The first-order valence-electron chi connectivity index (χ1n) is 8.22. The molecule has 132 valence electrons. The largest absolute Gasteiger partial charge is 0.493 e. The topological polar surface area (TPSA) is 58.7 Å². The SMILES string of the molecule is COc1cccnc1NC(=S)NCc1ccc(N2CCOCC2)cc1. The highest BCUT2D eigenvalue weighted by atomic mass is 32.1. The molecule has 1 aliphatic rings. The molecule has 0 atom stereocenters. The summed E-state index contributed by atoms with van der Waals surface area (Å²) in [5.74, 6) is 1.26. The highest BCUT2D eigenvalue weighted by Gasteiger charge is 2.11. The van der Waals surface area contributed by atoms with Gasteiger partial charge in [-0.25, -0.2) is 4.98 Å². The van der Waals surface area contributed by atoms with Crippen molar-refractivity contribution < 1.29 is 9.47 Å². The van der Waals surface area contributed by atoms with Crippen LogP contribution in [0.2, 0.25) is 0 Å². The summed E-state index contributed by atoms with van der Waals surface area (Å²) in [5.41, 5.74) is 2.39. The van der Waals surface area contributed by atoms with E-state index < -0.39 is 0 Å². The lowest BCUT2D eigenvalue weighted by molar-refractivity contribution is 0.122. The van der Waals surface area contributed by atoms with Gasteiger partial charge in [-0.1, -0.05) is 12.1 Å². The van der Waals surface area contributed by atoms with Crippen molar-refractivity contribution in [1.29, 1.82) is 0 Å². The van der Waals surface area contributed by atoms with Gasteiger partial charge in [0.1, 0.15) is 0 Å². The Balaban J connectivity index is 1.51. The van der Waals surface area contributed by atoms with Gasteiger partial charge in [-0.3, -0.25) is 0 Å². The molecule has 3 rings (SSSR count). The Kier molecular flexibility index (Phi) is 6.03. The number of anilines is 2. The molecule has 0 unspecified atom stereocenters. The van der Waals surface area contributed by atoms with Crippen molar-refractivity contribution in [3.8, 4) is 5.75 Å². The van der Waals surface area contributed by atoms with Crippen LogP contribution in [0, 0.1) is 0 Å². The maximum Gasteiger partial charge on any atom is 0.174 e. The lowest BCUT2D eigenvalue weighted by Gasteiger charge is -2.28. The molecule has 6 nitrogen and oxygen atoms in total. The fourth-order valence-corrected chi connectivity index (χ4v) is 2.80. The monoisotopic (exact) mass is 358 g/mol. The van der Waals surface area contributed by atoms with E-state index in [1.807, 2.05) is 12.1 Å². The van der Waals surface area contributed by atoms with Crippen LogP contribution in [0.1, 0.15) is 5.56 Å². The van der Waals surface area contributed by atoms with Crippen molar-refractivity contribution >= 4 is 28.8 Å². The van der Waals surface area contributed by atoms with Gasteiger partial charge in [0.25, 0.3) is 0 Å². The molecule has 0 amide bonds. The van der Waals surface area contributed by atoms with Crippen LogP contribution in [0.5, 0.6) is 5.75 Å². The quantitative estimate of drug-likeness (QED) is 0.796. The minimum atomic E-state index is 0.509. The fraction of sp³-hybridized carbons (Fsp3) is 0.333. The summed E-state index contributed by atoms with van der Waals surface area (Å²) in [7, 11) is 1.61. The minimum absolute atomic E-state index is 0.509. The zero-order valence-electron chi connectivity index (χ0n) is 14.2. The van der Waals surface area contributed by atoms with Crippen LogP contribution in [0.3, 0.4) is 0 Å². The predicted octanol–water partition coefficient (Wildman–Crippen LogP) is 2.41. The standard InChI is InChI=1S/C18H22N4O2S/c1-23-16-3-2-8-19-17(16)21-18(25)20-13-14-4-6-15(7-5-14)22-9-11-24-12-10-22/h2-8H,9-13H2,1H3,(H2,19,20,21,25). The van der Waals surface area contributed by atoms with Crippen molar-refractivity contribution in [3.05, 3.63) is 48.2 Å². The van der Waals surface area contributed by atoms with E-state index in [4.69, 9.17) is 21.7 Å². The minimum Gasteiger partial charge on any atom is -0.493 e. The van der Waals surface area contributed by atoms with Crippen molar-refractivity contribution in [2.75, 3.05) is 43.6 Å². The molecule has 0 bridgehead atoms. The van der Waals surface area contributed by atoms with Gasteiger partial charge in [0.2, 0.25) is 0 Å². The first-order chi connectivity index (χ1) is 12.3. The van der Waals surface area contributed by atoms with Gasteiger partial charge in [-0.2, -0.15) is 0 Å². The number of nitrogens with zero attached hydrogens (tertiary/aromatic N) is 2. The van der Waals surface area contributed by atoms with Gasteiger partial charge >= 0.3 is 0 Å². The summed E-state index contributed by atoms with van der Waals surface area (Å²) in [6, 6.07) is 12.2. The summed E-state index contributed by atoms with van der Waals surface area (Å²) < 4.78 is 10.6. The molecular formula is C18H22N4O2S. The summed E-state index contributed by atoms with van der Waals surface area (Å²) >= 11 is 5.33. The molecule has 2 heterocycles. The van der Waals surface area contributed by atoms with Crippen LogP contribution in [-0.2, 0) is 11.3 Å². The van der Waals surface area contributed by atoms with Crippen molar-refractivity contribution in [1.82, 2.24) is 10.3 Å². The maximum absolute atomic E-state index is 5.39. The average Bonchev–Trinajstić information content (AvgIpc) is 2.68. The number of aromatic nitrogens is 1. The van der Waals surface area contributed by atoms with E-state index >= 15 is 0 Å². The highest BCUT2D eigenvalue weighted by Crippen LogP contribution is 2.20. The lowest BCUT2D eigenvalue weighted by Crippen LogP contribution is -2.36. The summed E-state index contributed by atoms with van der Waals surface area (Å²) in [6.45, 7) is 4.11. The molecule has 7 heteroatoms. The van der Waals surface area contributed by atoms with Gasteiger partial charge < -0.3 is 25.0 Å². The van der Waals surface area contributed by atoms with Gasteiger partial charge in [-0.15, -0.1) is 0 Å². The number of hydrogen-bond acceptors (Lipinski definition) is 5. The Morgan fingerprint density at radius 1 is 1.24 bits per heavy atom. The van der Waals surface area contributed by atoms with E-state index in [1.54, 1.807) is 13.3 Å². The number of morpholine rings is 1. The second-order valence-electron chi connectivity index (χ2n) is 5.63. The molecule has 2 aromatic rings. The van der Waals surface area contributed by atoms with Gasteiger partial charge in [0.15, 0.2) is 16.7 Å². The smallest absolute Gasteiger partial charge is 0.174 e. The summed E-state index contributed by atoms with van der Waals surface area (Å²) in [5, 5.41) is 6.75. The second kappa shape index (κ2) is 8.64. The Hall–Kier alpha value is -2.38. The number of benzene rings is 1. The number of pyridine rings is 1. The van der Waals surface area contributed by atoms with Crippen LogP contribution in [0.15, 0.2) is 42.6 Å². The second-order valence-corrected chi connectivity index (χ2v) is 6.04. The van der Waals surface area contributed by atoms with Crippen molar-refractivity contribution in [2.24, 2.45) is 0 Å². The molecule has 1 fully saturated rings. The molecule has 0 spiro atoms. The Morgan fingerprint density at radius 3 is 2.72 bits per heavy atom. The number of methoxy groups -OCH3 is 1. The Morgan fingerprint density at radius 2 is 2.00 bits per heavy atom. The van der Waals surface area contributed by atoms with E-state index in [9.17, 15) is 0 Å². The Bertz CT molecular complexity index is 702. The maximum atomic E-state index is 5.39. The molecule has 1 aromatic heterocycles. The molecule has 1 saturated heterocycles. The summed E-state index contributed by atoms with van der Waals surface area (Å²) in [4.78, 5) is 6.56. The van der Waals surface area contributed by atoms with E-state index in [0.717, 1.165) is 31.9 Å². The first-order valence-corrected chi connectivity index (χ1v) is 8.62. The van der Waals surface area contributed by atoms with Crippen LogP contribution in [0.25, 0.3) is 0 Å². The van der Waals surface area contributed by atoms with Crippen LogP contribution in [0.4, 0.5) is 11.5 Å². The number of ether oxygens (including phenoxy) is 2. The number of rotatable bonds is 5. The van der Waals surface area contributed by atoms with E-state index in [0.29, 0.717) is 23.2 Å². The van der Waals surface area contributed by atoms with Gasteiger partial charge in [-0.05, 0) is 42.0 Å². The number of hydrogen-bond donors (Lipinski definition) is 2. The zero-order chi connectivity index (χ0) is 17.5. The number of nitrogens with one attached hydrogen (secondary N) is 2. The first kappa shape index (κ1) is 17.4. The van der Waals surface area contributed by atoms with Crippen LogP contribution < -0.4 is 20.3 Å². The van der Waals surface area contributed by atoms with E-state index in [1.165, 1.54) is 5.69 Å². The predicted molar refractivity (Wildman–Crippen MR) is 103 cm³/mol. The van der Waals surface area contributed by atoms with Crippen LogP contribution >= 0.6 is 12.2 Å². The molecule has 0 radical (unpaired) electrons. The molecule has 1 aromatic carbocycles. The van der Waals surface area contributed by atoms with Gasteiger partial charge in [0, 0.05) is 31.5 Å².